The van der Waals surface area contributed by atoms with Crippen molar-refractivity contribution in [3.63, 3.8) is 0 Å². The summed E-state index contributed by atoms with van der Waals surface area (Å²) in [6.45, 7) is 3.08. The molecule has 0 heterocycles. The third kappa shape index (κ3) is 2.41. The highest BCUT2D eigenvalue weighted by molar-refractivity contribution is 7.98. The van der Waals surface area contributed by atoms with Crippen LogP contribution < -0.4 is 10.6 Å². The van der Waals surface area contributed by atoms with E-state index >= 15 is 0 Å². The number of hydrogen-bond acceptors (Lipinski definition) is 4. The smallest absolute Gasteiger partial charge is 0.173 e. The topological polar surface area (TPSA) is 61.8 Å². The van der Waals surface area contributed by atoms with Gasteiger partial charge >= 0.3 is 0 Å². The predicted molar refractivity (Wildman–Crippen MR) is 76.8 cm³/mol. The minimum absolute atomic E-state index is 0.189. The molecule has 3 N–H and O–H groups in total. The number of hydrogen-bond donors (Lipinski definition) is 2. The molecule has 0 atom stereocenters. The zero-order chi connectivity index (χ0) is 13.1. The van der Waals surface area contributed by atoms with E-state index in [4.69, 9.17) is 10.9 Å². The molecule has 0 spiro atoms. The molecule has 0 bridgehead atoms. The van der Waals surface area contributed by atoms with Crippen LogP contribution in [0.15, 0.2) is 28.3 Å². The van der Waals surface area contributed by atoms with E-state index in [2.05, 4.69) is 23.0 Å². The SMILES string of the molecule is CCN(c1cccc(SC)c1/C(N)=N/O)C1CC1. The molecule has 0 aliphatic heterocycles. The standard InChI is InChI=1S/C13H19N3OS/c1-3-16(9-7-8-9)10-5-4-6-11(18-2)12(10)13(14)15-17/h4-6,9,17H,3,7-8H2,1-2H3,(H2,14,15). The van der Waals surface area contributed by atoms with E-state index in [9.17, 15) is 0 Å². The molecule has 0 saturated heterocycles. The van der Waals surface area contributed by atoms with E-state index < -0.39 is 0 Å². The lowest BCUT2D eigenvalue weighted by Crippen LogP contribution is -2.28. The van der Waals surface area contributed by atoms with Crippen molar-refractivity contribution in [1.29, 1.82) is 0 Å². The zero-order valence-corrected chi connectivity index (χ0v) is 11.6. The fraction of sp³-hybridized carbons (Fsp3) is 0.462. The molecule has 1 saturated carbocycles. The van der Waals surface area contributed by atoms with Gasteiger partial charge < -0.3 is 15.8 Å². The zero-order valence-electron chi connectivity index (χ0n) is 10.8. The minimum atomic E-state index is 0.189. The lowest BCUT2D eigenvalue weighted by Gasteiger charge is -2.26. The number of nitrogens with zero attached hydrogens (tertiary/aromatic N) is 2. The Labute approximate surface area is 112 Å². The summed E-state index contributed by atoms with van der Waals surface area (Å²) in [4.78, 5) is 3.38. The summed E-state index contributed by atoms with van der Waals surface area (Å²) in [6.07, 6.45) is 4.46. The molecular weight excluding hydrogens is 246 g/mol. The number of benzene rings is 1. The van der Waals surface area contributed by atoms with Gasteiger partial charge in [0, 0.05) is 23.2 Å². The molecular formula is C13H19N3OS. The van der Waals surface area contributed by atoms with E-state index in [1.165, 1.54) is 12.8 Å². The average Bonchev–Trinajstić information content (AvgIpc) is 3.23. The van der Waals surface area contributed by atoms with Gasteiger partial charge in [-0.25, -0.2) is 0 Å². The lowest BCUT2D eigenvalue weighted by molar-refractivity contribution is 0.318. The maximum absolute atomic E-state index is 8.98. The second-order valence-electron chi connectivity index (χ2n) is 4.36. The summed E-state index contributed by atoms with van der Waals surface area (Å²) in [6, 6.07) is 6.69. The van der Waals surface area contributed by atoms with Crippen LogP contribution in [0.25, 0.3) is 0 Å². The van der Waals surface area contributed by atoms with E-state index in [-0.39, 0.29) is 5.84 Å². The van der Waals surface area contributed by atoms with Crippen molar-refractivity contribution >= 4 is 23.3 Å². The Morgan fingerprint density at radius 3 is 2.78 bits per heavy atom. The Bertz CT molecular complexity index is 458. The fourth-order valence-corrected chi connectivity index (χ4v) is 2.88. The monoisotopic (exact) mass is 265 g/mol. The number of anilines is 1. The van der Waals surface area contributed by atoms with Gasteiger partial charge in [0.05, 0.1) is 5.56 Å². The highest BCUT2D eigenvalue weighted by Gasteiger charge is 2.30. The van der Waals surface area contributed by atoms with Gasteiger partial charge in [0.2, 0.25) is 0 Å². The predicted octanol–water partition coefficient (Wildman–Crippen LogP) is 2.49. The van der Waals surface area contributed by atoms with Crippen molar-refractivity contribution in [2.24, 2.45) is 10.9 Å². The van der Waals surface area contributed by atoms with Gasteiger partial charge in [-0.15, -0.1) is 11.8 Å². The first-order valence-corrected chi connectivity index (χ1v) is 7.37. The summed E-state index contributed by atoms with van der Waals surface area (Å²) in [5.41, 5.74) is 7.76. The van der Waals surface area contributed by atoms with Crippen molar-refractivity contribution in [2.45, 2.75) is 30.7 Å². The van der Waals surface area contributed by atoms with E-state index in [1.54, 1.807) is 11.8 Å². The fourth-order valence-electron chi connectivity index (χ4n) is 2.25. The van der Waals surface area contributed by atoms with Crippen LogP contribution in [0.1, 0.15) is 25.3 Å². The molecule has 98 valence electrons. The molecule has 4 nitrogen and oxygen atoms in total. The number of rotatable bonds is 5. The summed E-state index contributed by atoms with van der Waals surface area (Å²) in [7, 11) is 0. The number of nitrogens with two attached hydrogens (primary N) is 1. The van der Waals surface area contributed by atoms with E-state index in [0.717, 1.165) is 22.7 Å². The van der Waals surface area contributed by atoms with Gasteiger partial charge in [0.25, 0.3) is 0 Å². The summed E-state index contributed by atoms with van der Waals surface area (Å²) in [5.74, 6) is 0.189. The molecule has 1 aliphatic rings. The molecule has 1 aromatic rings. The maximum Gasteiger partial charge on any atom is 0.173 e. The summed E-state index contributed by atoms with van der Waals surface area (Å²) in [5, 5.41) is 12.2. The van der Waals surface area contributed by atoms with Gasteiger partial charge in [0.15, 0.2) is 5.84 Å². The Kier molecular flexibility index (Phi) is 4.01. The van der Waals surface area contributed by atoms with Crippen LogP contribution in [-0.2, 0) is 0 Å². The first-order chi connectivity index (χ1) is 8.72. The highest BCUT2D eigenvalue weighted by atomic mass is 32.2. The van der Waals surface area contributed by atoms with Crippen molar-refractivity contribution < 1.29 is 5.21 Å². The molecule has 0 aromatic heterocycles. The van der Waals surface area contributed by atoms with Crippen LogP contribution in [0.3, 0.4) is 0 Å². The Balaban J connectivity index is 2.51. The van der Waals surface area contributed by atoms with Gasteiger partial charge in [-0.2, -0.15) is 0 Å². The van der Waals surface area contributed by atoms with Crippen LogP contribution >= 0.6 is 11.8 Å². The van der Waals surface area contributed by atoms with Crippen molar-refractivity contribution in [2.75, 3.05) is 17.7 Å². The molecule has 0 unspecified atom stereocenters. The maximum atomic E-state index is 8.98. The molecule has 2 rings (SSSR count). The van der Waals surface area contributed by atoms with Gasteiger partial charge in [0.1, 0.15) is 0 Å². The summed E-state index contributed by atoms with van der Waals surface area (Å²) >= 11 is 1.61. The first-order valence-electron chi connectivity index (χ1n) is 6.14. The number of oxime groups is 1. The van der Waals surface area contributed by atoms with E-state index in [1.807, 2.05) is 18.4 Å². The normalized spacial score (nSPS) is 15.8. The average molecular weight is 265 g/mol. The van der Waals surface area contributed by atoms with Gasteiger partial charge in [-0.3, -0.25) is 0 Å². The number of thioether (sulfide) groups is 1. The van der Waals surface area contributed by atoms with Crippen molar-refractivity contribution in [1.82, 2.24) is 0 Å². The molecule has 0 amide bonds. The second kappa shape index (κ2) is 5.52. The van der Waals surface area contributed by atoms with Crippen LogP contribution in [-0.4, -0.2) is 29.9 Å². The van der Waals surface area contributed by atoms with Crippen LogP contribution in [0.5, 0.6) is 0 Å². The summed E-state index contributed by atoms with van der Waals surface area (Å²) < 4.78 is 0. The van der Waals surface area contributed by atoms with Crippen LogP contribution in [0.4, 0.5) is 5.69 Å². The Hall–Kier alpha value is -1.36. The Morgan fingerprint density at radius 2 is 2.28 bits per heavy atom. The number of amidine groups is 1. The molecule has 1 aromatic carbocycles. The van der Waals surface area contributed by atoms with Crippen molar-refractivity contribution in [3.05, 3.63) is 23.8 Å². The van der Waals surface area contributed by atoms with Crippen LogP contribution in [0, 0.1) is 0 Å². The largest absolute Gasteiger partial charge is 0.409 e. The second-order valence-corrected chi connectivity index (χ2v) is 5.20. The highest BCUT2D eigenvalue weighted by Crippen LogP contribution is 2.36. The third-order valence-corrected chi connectivity index (χ3v) is 4.01. The first kappa shape index (κ1) is 13.1. The molecule has 1 aliphatic carbocycles. The lowest BCUT2D eigenvalue weighted by atomic mass is 10.1. The van der Waals surface area contributed by atoms with Gasteiger partial charge in [-0.1, -0.05) is 11.2 Å². The van der Waals surface area contributed by atoms with Crippen LogP contribution in [0.2, 0.25) is 0 Å². The molecule has 1 fully saturated rings. The Morgan fingerprint density at radius 1 is 1.56 bits per heavy atom. The quantitative estimate of drug-likeness (QED) is 0.282. The van der Waals surface area contributed by atoms with Gasteiger partial charge in [-0.05, 0) is 38.2 Å². The molecule has 5 heteroatoms. The molecule has 0 radical (unpaired) electrons. The van der Waals surface area contributed by atoms with E-state index in [0.29, 0.717) is 6.04 Å². The van der Waals surface area contributed by atoms with Crippen molar-refractivity contribution in [3.8, 4) is 0 Å². The minimum Gasteiger partial charge on any atom is -0.409 e. The molecule has 18 heavy (non-hydrogen) atoms. The third-order valence-electron chi connectivity index (χ3n) is 3.23.